The van der Waals surface area contributed by atoms with E-state index in [0.717, 1.165) is 51.7 Å². The SMILES string of the molecule is C[Si](C)(C)CCOCn1cc(-c2ccc(Cl)c(F)c2)cn1.Cn1ccc(Cn2cc(-c3ccc(Cl)c(F)c3)cn2)n1.Fc1cc(-c2cn[nH]c2)ccc1Cl.Fc1cc(Br)ccc1Cl. The van der Waals surface area contributed by atoms with Gasteiger partial charge in [-0.1, -0.05) is 100 Å². The zero-order valence-corrected chi connectivity index (χ0v) is 39.9. The highest BCUT2D eigenvalue weighted by molar-refractivity contribution is 9.10. The lowest BCUT2D eigenvalue weighted by Gasteiger charge is -2.15. The van der Waals surface area contributed by atoms with Crippen LogP contribution in [-0.4, -0.2) is 54.2 Å². The molecule has 0 atom stereocenters. The fourth-order valence-corrected chi connectivity index (χ4v) is 6.90. The molecule has 0 saturated carbocycles. The van der Waals surface area contributed by atoms with Crippen LogP contribution in [0.1, 0.15) is 5.69 Å². The second kappa shape index (κ2) is 23.3. The normalized spacial score (nSPS) is 10.9. The number of aromatic amines is 1. The molecule has 0 aliphatic rings. The minimum Gasteiger partial charge on any atom is -0.360 e. The first kappa shape index (κ1) is 49.3. The number of halogens is 9. The summed E-state index contributed by atoms with van der Waals surface area (Å²) in [6.45, 7) is 8.70. The van der Waals surface area contributed by atoms with Crippen molar-refractivity contribution in [3.8, 4) is 33.4 Å². The Kier molecular flexibility index (Phi) is 18.2. The molecule has 4 aromatic heterocycles. The molecule has 4 heterocycles. The van der Waals surface area contributed by atoms with E-state index in [4.69, 9.17) is 51.1 Å². The maximum atomic E-state index is 13.5. The molecule has 0 aliphatic carbocycles. The minimum atomic E-state index is -1.06. The summed E-state index contributed by atoms with van der Waals surface area (Å²) in [7, 11) is 0.806. The van der Waals surface area contributed by atoms with E-state index < -0.39 is 31.3 Å². The Morgan fingerprint density at radius 3 is 1.57 bits per heavy atom. The molecule has 8 rings (SSSR count). The summed E-state index contributed by atoms with van der Waals surface area (Å²) in [4.78, 5) is 0. The van der Waals surface area contributed by atoms with Crippen LogP contribution in [0.25, 0.3) is 33.4 Å². The van der Waals surface area contributed by atoms with Crippen LogP contribution < -0.4 is 0 Å². The van der Waals surface area contributed by atoms with Crippen molar-refractivity contribution in [2.75, 3.05) is 6.61 Å². The van der Waals surface area contributed by atoms with Gasteiger partial charge in [0.2, 0.25) is 0 Å². The molecule has 9 nitrogen and oxygen atoms in total. The second-order valence-electron chi connectivity index (χ2n) is 15.0. The van der Waals surface area contributed by atoms with Gasteiger partial charge in [0, 0.05) is 67.7 Å². The Hall–Kier alpha value is -4.74. The Labute approximate surface area is 391 Å². The first-order chi connectivity index (χ1) is 29.9. The van der Waals surface area contributed by atoms with Gasteiger partial charge in [0.15, 0.2) is 0 Å². The summed E-state index contributed by atoms with van der Waals surface area (Å²) in [6, 6.07) is 21.7. The molecular formula is C44H41BrCl4F4N8OSi. The summed E-state index contributed by atoms with van der Waals surface area (Å²) in [5.74, 6) is -1.67. The fraction of sp³-hybridized carbons (Fsp3) is 0.182. The molecule has 0 unspecified atom stereocenters. The molecule has 1 N–H and O–H groups in total. The van der Waals surface area contributed by atoms with Crippen LogP contribution in [0.4, 0.5) is 17.6 Å². The second-order valence-corrected chi connectivity index (χ2v) is 23.1. The third kappa shape index (κ3) is 15.8. The Morgan fingerprint density at radius 2 is 1.13 bits per heavy atom. The number of hydrogen-bond donors (Lipinski definition) is 1. The highest BCUT2D eigenvalue weighted by Gasteiger charge is 2.13. The molecule has 0 radical (unpaired) electrons. The van der Waals surface area contributed by atoms with Gasteiger partial charge in [-0.2, -0.15) is 20.4 Å². The van der Waals surface area contributed by atoms with E-state index in [1.54, 1.807) is 75.2 Å². The maximum Gasteiger partial charge on any atom is 0.142 e. The van der Waals surface area contributed by atoms with Crippen LogP contribution in [0, 0.1) is 23.3 Å². The molecule has 19 heteroatoms. The molecule has 330 valence electrons. The first-order valence-electron chi connectivity index (χ1n) is 19.0. The quantitative estimate of drug-likeness (QED) is 0.0638. The molecule has 4 aromatic carbocycles. The van der Waals surface area contributed by atoms with Crippen molar-refractivity contribution in [3.05, 3.63) is 176 Å². The molecule has 0 bridgehead atoms. The fourth-order valence-electron chi connectivity index (χ4n) is 5.34. The number of H-pyrrole nitrogens is 1. The molecular weight excluding hydrogens is 982 g/mol. The van der Waals surface area contributed by atoms with Crippen LogP contribution in [0.5, 0.6) is 0 Å². The number of aromatic nitrogens is 8. The van der Waals surface area contributed by atoms with Crippen LogP contribution in [0.3, 0.4) is 0 Å². The van der Waals surface area contributed by atoms with Gasteiger partial charge >= 0.3 is 0 Å². The van der Waals surface area contributed by atoms with Crippen molar-refractivity contribution in [2.24, 2.45) is 7.05 Å². The van der Waals surface area contributed by atoms with Gasteiger partial charge < -0.3 is 4.74 Å². The Bertz CT molecular complexity index is 2710. The predicted molar refractivity (Wildman–Crippen MR) is 250 cm³/mol. The summed E-state index contributed by atoms with van der Waals surface area (Å²) < 4.78 is 63.9. The first-order valence-corrected chi connectivity index (χ1v) is 25.0. The molecule has 0 spiro atoms. The lowest BCUT2D eigenvalue weighted by Crippen LogP contribution is -2.22. The standard InChI is InChI=1S/C15H20ClFN2OSi.C14H12ClFN4.C9H6ClFN2.C6H3BrClF/c1-21(2,3)7-6-20-11-19-10-13(9-18-19)12-4-5-14(16)15(17)8-12;1-19-5-4-12(18-19)9-20-8-11(7-17-20)10-2-3-13(15)14(16)6-10;10-8-2-1-6(3-9(8)11)7-4-12-13-5-7;7-4-1-2-5(8)6(9)3-4/h4-5,8-10H,6-7,11H2,1-3H3;2-8H,9H2,1H3;1-5H,(H,12,13);1-3H. The molecule has 0 saturated heterocycles. The summed E-state index contributed by atoms with van der Waals surface area (Å²) in [5.41, 5.74) is 5.72. The van der Waals surface area contributed by atoms with Crippen LogP contribution in [0.2, 0.25) is 45.8 Å². The number of nitrogens with one attached hydrogen (secondary N) is 1. The maximum absolute atomic E-state index is 13.5. The Balaban J connectivity index is 0.000000166. The van der Waals surface area contributed by atoms with Gasteiger partial charge in [-0.05, 0) is 83.4 Å². The highest BCUT2D eigenvalue weighted by atomic mass is 79.9. The topological polar surface area (TPSA) is 91.4 Å². The van der Waals surface area contributed by atoms with Gasteiger partial charge in [0.05, 0.1) is 50.9 Å². The third-order valence-electron chi connectivity index (χ3n) is 8.72. The number of aryl methyl sites for hydroxylation is 1. The van der Waals surface area contributed by atoms with E-state index in [1.807, 2.05) is 31.7 Å². The van der Waals surface area contributed by atoms with E-state index in [0.29, 0.717) is 17.7 Å². The van der Waals surface area contributed by atoms with E-state index in [1.165, 1.54) is 36.4 Å². The number of ether oxygens (including phenoxy) is 1. The van der Waals surface area contributed by atoms with Gasteiger partial charge in [-0.15, -0.1) is 0 Å². The highest BCUT2D eigenvalue weighted by Crippen LogP contribution is 2.26. The van der Waals surface area contributed by atoms with Gasteiger partial charge in [0.1, 0.15) is 30.0 Å². The van der Waals surface area contributed by atoms with E-state index >= 15 is 0 Å². The van der Waals surface area contributed by atoms with Crippen molar-refractivity contribution in [2.45, 2.75) is 39.0 Å². The summed E-state index contributed by atoms with van der Waals surface area (Å²) in [6.07, 6.45) is 12.3. The van der Waals surface area contributed by atoms with Crippen molar-refractivity contribution in [1.29, 1.82) is 0 Å². The predicted octanol–water partition coefficient (Wildman–Crippen LogP) is 13.9. The lowest BCUT2D eigenvalue weighted by molar-refractivity contribution is 0.0786. The molecule has 8 aromatic rings. The zero-order chi connectivity index (χ0) is 45.7. The van der Waals surface area contributed by atoms with Crippen molar-refractivity contribution in [3.63, 3.8) is 0 Å². The van der Waals surface area contributed by atoms with Gasteiger partial charge in [0.25, 0.3) is 0 Å². The Morgan fingerprint density at radius 1 is 0.635 bits per heavy atom. The molecule has 0 amide bonds. The monoisotopic (exact) mass is 1020 g/mol. The van der Waals surface area contributed by atoms with Gasteiger partial charge in [-0.3, -0.25) is 14.5 Å². The average molecular weight is 1020 g/mol. The summed E-state index contributed by atoms with van der Waals surface area (Å²) >= 11 is 25.4. The van der Waals surface area contributed by atoms with Crippen LogP contribution in [-0.2, 0) is 25.1 Å². The largest absolute Gasteiger partial charge is 0.360 e. The summed E-state index contributed by atoms with van der Waals surface area (Å²) in [5, 5.41) is 19.7. The third-order valence-corrected chi connectivity index (χ3v) is 12.1. The molecule has 0 aliphatic heterocycles. The van der Waals surface area contributed by atoms with E-state index in [2.05, 4.69) is 61.1 Å². The number of benzene rings is 4. The number of rotatable bonds is 10. The van der Waals surface area contributed by atoms with Crippen LogP contribution in [0.15, 0.2) is 127 Å². The number of nitrogens with zero attached hydrogens (tertiary/aromatic N) is 7. The minimum absolute atomic E-state index is 0.120. The van der Waals surface area contributed by atoms with Crippen molar-refractivity contribution < 1.29 is 22.3 Å². The average Bonchev–Trinajstić information content (AvgIpc) is 4.09. The van der Waals surface area contributed by atoms with Crippen LogP contribution >= 0.6 is 62.3 Å². The smallest absolute Gasteiger partial charge is 0.142 e. The van der Waals surface area contributed by atoms with E-state index in [-0.39, 0.29) is 20.1 Å². The molecule has 63 heavy (non-hydrogen) atoms. The van der Waals surface area contributed by atoms with Gasteiger partial charge in [-0.25, -0.2) is 22.2 Å². The lowest BCUT2D eigenvalue weighted by atomic mass is 10.1. The van der Waals surface area contributed by atoms with Crippen molar-refractivity contribution in [1.82, 2.24) is 39.5 Å². The van der Waals surface area contributed by atoms with E-state index in [9.17, 15) is 17.6 Å². The number of hydrogen-bond acceptors (Lipinski definition) is 5. The zero-order valence-electron chi connectivity index (χ0n) is 34.3. The van der Waals surface area contributed by atoms with Crippen molar-refractivity contribution >= 4 is 70.4 Å². The molecule has 0 fully saturated rings.